The Hall–Kier alpha value is -5.73. The van der Waals surface area contributed by atoms with Gasteiger partial charge < -0.3 is 14.5 Å². The summed E-state index contributed by atoms with van der Waals surface area (Å²) in [5.74, 6) is 1.63. The summed E-state index contributed by atoms with van der Waals surface area (Å²) in [5.41, 5.74) is 12.2. The minimum atomic E-state index is 0.813. The number of aromatic nitrogens is 4. The van der Waals surface area contributed by atoms with Gasteiger partial charge in [-0.1, -0.05) is 60.3 Å². The van der Waals surface area contributed by atoms with Gasteiger partial charge in [0.15, 0.2) is 22.8 Å². The first kappa shape index (κ1) is 25.6. The first-order valence-corrected chi connectivity index (χ1v) is 16.1. The number of hydrogen-bond acceptors (Lipinski definition) is 6. The van der Waals surface area contributed by atoms with Crippen LogP contribution in [0.3, 0.4) is 0 Å². The highest BCUT2D eigenvalue weighted by Crippen LogP contribution is 2.56. The molecule has 7 nitrogen and oxygen atoms in total. The molecule has 5 heterocycles. The molecule has 0 amide bonds. The summed E-state index contributed by atoms with van der Waals surface area (Å²) in [5, 5.41) is 0. The third-order valence-electron chi connectivity index (χ3n) is 8.98. The van der Waals surface area contributed by atoms with E-state index in [4.69, 9.17) is 14.7 Å². The van der Waals surface area contributed by atoms with E-state index >= 15 is 0 Å². The zero-order chi connectivity index (χ0) is 30.5. The average molecular weight is 615 g/mol. The van der Waals surface area contributed by atoms with Crippen molar-refractivity contribution in [3.63, 3.8) is 0 Å². The third-order valence-corrected chi connectivity index (χ3v) is 10.1. The molecule has 2 aliphatic heterocycles. The quantitative estimate of drug-likeness (QED) is 0.193. The maximum Gasteiger partial charge on any atom is 0.181 e. The van der Waals surface area contributed by atoms with E-state index in [9.17, 15) is 0 Å². The second-order valence-corrected chi connectivity index (χ2v) is 12.7. The summed E-state index contributed by atoms with van der Waals surface area (Å²) < 4.78 is 11.0. The van der Waals surface area contributed by atoms with Gasteiger partial charge >= 0.3 is 0 Å². The summed E-state index contributed by atoms with van der Waals surface area (Å²) in [4.78, 5) is 17.0. The van der Waals surface area contributed by atoms with Crippen LogP contribution in [0.1, 0.15) is 11.4 Å². The van der Waals surface area contributed by atoms with Crippen LogP contribution < -0.4 is 14.5 Å². The van der Waals surface area contributed by atoms with Gasteiger partial charge in [-0.3, -0.25) is 8.80 Å². The number of nitrogens with zero attached hydrogens (tertiary/aromatic N) is 6. The minimum absolute atomic E-state index is 0.813. The van der Waals surface area contributed by atoms with Crippen molar-refractivity contribution in [3.05, 3.63) is 133 Å². The molecule has 0 aliphatic carbocycles. The molecule has 220 valence electrons. The van der Waals surface area contributed by atoms with E-state index in [2.05, 4.69) is 117 Å². The molecule has 8 aromatic rings. The lowest BCUT2D eigenvalue weighted by atomic mass is 10.1. The Labute approximate surface area is 268 Å². The number of hydrogen-bond donors (Lipinski definition) is 0. The van der Waals surface area contributed by atoms with Crippen LogP contribution in [0.5, 0.6) is 11.5 Å². The number of rotatable bonds is 2. The predicted octanol–water partition coefficient (Wildman–Crippen LogP) is 10.3. The molecule has 8 heteroatoms. The van der Waals surface area contributed by atoms with Crippen LogP contribution in [-0.4, -0.2) is 18.8 Å². The number of ether oxygens (including phenoxy) is 1. The predicted molar refractivity (Wildman–Crippen MR) is 184 cm³/mol. The Balaban J connectivity index is 1.40. The van der Waals surface area contributed by atoms with Crippen LogP contribution in [0.2, 0.25) is 0 Å². The maximum absolute atomic E-state index is 6.42. The Morgan fingerprint density at radius 1 is 0.478 bits per heavy atom. The van der Waals surface area contributed by atoms with Gasteiger partial charge in [0.1, 0.15) is 0 Å². The number of fused-ring (bicyclic) bond motifs is 10. The molecule has 0 saturated carbocycles. The van der Waals surface area contributed by atoms with Crippen molar-refractivity contribution in [1.29, 1.82) is 0 Å². The molecular weight excluding hydrogens is 589 g/mol. The molecule has 2 aliphatic rings. The van der Waals surface area contributed by atoms with Gasteiger partial charge in [0.2, 0.25) is 0 Å². The lowest BCUT2D eigenvalue weighted by molar-refractivity contribution is 0.477. The molecule has 5 aromatic carbocycles. The molecular formula is C38H26N6OS. The number of anilines is 6. The molecule has 10 rings (SSSR count). The van der Waals surface area contributed by atoms with Crippen molar-refractivity contribution in [2.45, 2.75) is 23.6 Å². The molecule has 3 aromatic heterocycles. The molecule has 0 radical (unpaired) electrons. The average Bonchev–Trinajstić information content (AvgIpc) is 3.68. The number of benzene rings is 5. The number of aryl methyl sites for hydroxylation is 2. The van der Waals surface area contributed by atoms with E-state index < -0.39 is 0 Å². The van der Waals surface area contributed by atoms with Crippen LogP contribution >= 0.6 is 11.8 Å². The molecule has 0 fully saturated rings. The summed E-state index contributed by atoms with van der Waals surface area (Å²) in [6.45, 7) is 4.24. The van der Waals surface area contributed by atoms with Crippen molar-refractivity contribution < 1.29 is 4.74 Å². The summed E-state index contributed by atoms with van der Waals surface area (Å²) >= 11 is 1.81. The van der Waals surface area contributed by atoms with E-state index in [0.717, 1.165) is 79.3 Å². The van der Waals surface area contributed by atoms with Gasteiger partial charge in [0, 0.05) is 33.6 Å². The van der Waals surface area contributed by atoms with E-state index in [1.165, 1.54) is 9.79 Å². The topological polar surface area (TPSA) is 50.3 Å². The van der Waals surface area contributed by atoms with Crippen molar-refractivity contribution in [1.82, 2.24) is 18.8 Å². The van der Waals surface area contributed by atoms with Crippen molar-refractivity contribution >= 4 is 68.2 Å². The zero-order valence-electron chi connectivity index (χ0n) is 25.0. The highest BCUT2D eigenvalue weighted by atomic mass is 32.2. The first-order chi connectivity index (χ1) is 22.7. The Bertz CT molecular complexity index is 2280. The van der Waals surface area contributed by atoms with Gasteiger partial charge in [-0.05, 0) is 74.5 Å². The van der Waals surface area contributed by atoms with Crippen LogP contribution in [0, 0.1) is 13.8 Å². The normalized spacial score (nSPS) is 13.4. The van der Waals surface area contributed by atoms with Crippen LogP contribution in [-0.2, 0) is 0 Å². The maximum atomic E-state index is 6.42. The number of para-hydroxylation sites is 6. The fourth-order valence-electron chi connectivity index (χ4n) is 7.04. The Morgan fingerprint density at radius 2 is 0.891 bits per heavy atom. The summed E-state index contributed by atoms with van der Waals surface area (Å²) in [6.07, 6.45) is 3.89. The third kappa shape index (κ3) is 3.39. The fraction of sp³-hybridized carbons (Fsp3) is 0.0526. The van der Waals surface area contributed by atoms with Gasteiger partial charge in [0.05, 0.1) is 45.2 Å². The van der Waals surface area contributed by atoms with E-state index in [1.807, 2.05) is 48.4 Å². The van der Waals surface area contributed by atoms with Crippen LogP contribution in [0.15, 0.2) is 131 Å². The largest absolute Gasteiger partial charge is 0.453 e. The molecule has 0 spiro atoms. The van der Waals surface area contributed by atoms with Gasteiger partial charge in [-0.25, -0.2) is 9.97 Å². The monoisotopic (exact) mass is 614 g/mol. The number of imidazole rings is 2. The smallest absolute Gasteiger partial charge is 0.181 e. The van der Waals surface area contributed by atoms with Crippen LogP contribution in [0.4, 0.5) is 34.1 Å². The standard InChI is InChI=1S/C38H26N6OS/c1-23-21-39-37-38-40-22-24(2)42(38)36-30(44-27-13-5-9-17-33(27)46-34-18-10-6-14-28(34)44)20-19-29(35(36)41(23)37)43-25-11-3-7-15-31(25)45-32-16-8-4-12-26(32)43/h3-22H,1-2H3. The minimum Gasteiger partial charge on any atom is -0.453 e. The zero-order valence-corrected chi connectivity index (χ0v) is 25.9. The highest BCUT2D eigenvalue weighted by Gasteiger charge is 2.32. The highest BCUT2D eigenvalue weighted by molar-refractivity contribution is 7.99. The molecule has 46 heavy (non-hydrogen) atoms. The van der Waals surface area contributed by atoms with E-state index in [0.29, 0.717) is 0 Å². The van der Waals surface area contributed by atoms with E-state index in [-0.39, 0.29) is 0 Å². The first-order valence-electron chi connectivity index (χ1n) is 15.3. The summed E-state index contributed by atoms with van der Waals surface area (Å²) in [6, 6.07) is 38.3. The van der Waals surface area contributed by atoms with Crippen molar-refractivity contribution in [2.75, 3.05) is 9.80 Å². The Morgan fingerprint density at radius 3 is 1.39 bits per heavy atom. The molecule has 0 unspecified atom stereocenters. The SMILES string of the molecule is Cc1cnc2c3ncc(C)n3c3c(N4c5ccccc5Sc5ccccc54)ccc(N4c5ccccc5Oc5ccccc54)c3n12. The molecule has 0 saturated heterocycles. The second-order valence-electron chi connectivity index (χ2n) is 11.7. The lowest BCUT2D eigenvalue weighted by Gasteiger charge is -2.36. The summed E-state index contributed by atoms with van der Waals surface area (Å²) in [7, 11) is 0. The van der Waals surface area contributed by atoms with E-state index in [1.54, 1.807) is 0 Å². The fourth-order valence-corrected chi connectivity index (χ4v) is 8.10. The Kier molecular flexibility index (Phi) is 5.22. The van der Waals surface area contributed by atoms with Crippen molar-refractivity contribution in [3.8, 4) is 11.5 Å². The van der Waals surface area contributed by atoms with Gasteiger partial charge in [-0.2, -0.15) is 0 Å². The van der Waals surface area contributed by atoms with Crippen molar-refractivity contribution in [2.24, 2.45) is 0 Å². The molecule has 0 N–H and O–H groups in total. The van der Waals surface area contributed by atoms with Crippen LogP contribution in [0.25, 0.3) is 22.3 Å². The van der Waals surface area contributed by atoms with Gasteiger partial charge in [-0.15, -0.1) is 0 Å². The lowest BCUT2D eigenvalue weighted by Crippen LogP contribution is -2.19. The molecule has 0 atom stereocenters. The second kappa shape index (κ2) is 9.39. The van der Waals surface area contributed by atoms with Gasteiger partial charge in [0.25, 0.3) is 0 Å². The molecule has 0 bridgehead atoms.